The second kappa shape index (κ2) is 7.58. The van der Waals surface area contributed by atoms with E-state index in [1.165, 1.54) is 0 Å². The molecule has 1 aromatic rings. The van der Waals surface area contributed by atoms with Gasteiger partial charge >= 0.3 is 5.97 Å². The summed E-state index contributed by atoms with van der Waals surface area (Å²) in [6, 6.07) is 7.79. The number of carboxylic acid groups (broad SMARTS) is 1. The molecule has 18 heavy (non-hydrogen) atoms. The van der Waals surface area contributed by atoms with Gasteiger partial charge in [0.25, 0.3) is 0 Å². The van der Waals surface area contributed by atoms with Crippen LogP contribution in [0.2, 0.25) is 0 Å². The standard InChI is InChI=1S/C14H21NO3/c1-11(2)18-13-8-6-12(7-9-13)15-10-4-3-5-14(16)17/h6-9,11,15H,3-5,10H2,1-2H3,(H,16,17). The molecule has 0 spiro atoms. The molecule has 0 aliphatic carbocycles. The molecule has 4 nitrogen and oxygen atoms in total. The van der Waals surface area contributed by atoms with Crippen molar-refractivity contribution < 1.29 is 14.6 Å². The predicted molar refractivity (Wildman–Crippen MR) is 72.2 cm³/mol. The Morgan fingerprint density at radius 1 is 1.28 bits per heavy atom. The van der Waals surface area contributed by atoms with E-state index in [-0.39, 0.29) is 12.5 Å². The van der Waals surface area contributed by atoms with Crippen LogP contribution in [-0.4, -0.2) is 23.7 Å². The van der Waals surface area contributed by atoms with Gasteiger partial charge in [-0.1, -0.05) is 0 Å². The maximum atomic E-state index is 10.3. The molecular weight excluding hydrogens is 230 g/mol. The van der Waals surface area contributed by atoms with Gasteiger partial charge in [0.2, 0.25) is 0 Å². The first-order chi connectivity index (χ1) is 8.58. The van der Waals surface area contributed by atoms with E-state index in [0.717, 1.165) is 24.4 Å². The van der Waals surface area contributed by atoms with Crippen molar-refractivity contribution >= 4 is 11.7 Å². The highest BCUT2D eigenvalue weighted by molar-refractivity contribution is 5.66. The second-order valence-corrected chi connectivity index (χ2v) is 4.47. The third-order valence-electron chi connectivity index (χ3n) is 2.37. The fraction of sp³-hybridized carbons (Fsp3) is 0.500. The van der Waals surface area contributed by atoms with Crippen LogP contribution in [0.1, 0.15) is 33.1 Å². The summed E-state index contributed by atoms with van der Waals surface area (Å²) in [6.07, 6.45) is 1.98. The first-order valence-corrected chi connectivity index (χ1v) is 6.30. The first-order valence-electron chi connectivity index (χ1n) is 6.30. The SMILES string of the molecule is CC(C)Oc1ccc(NCCCCC(=O)O)cc1. The lowest BCUT2D eigenvalue weighted by atomic mass is 10.2. The minimum atomic E-state index is -0.731. The molecule has 0 aliphatic heterocycles. The second-order valence-electron chi connectivity index (χ2n) is 4.47. The number of aliphatic carboxylic acids is 1. The van der Waals surface area contributed by atoms with Crippen molar-refractivity contribution in [3.8, 4) is 5.75 Å². The summed E-state index contributed by atoms with van der Waals surface area (Å²) in [5, 5.41) is 11.7. The summed E-state index contributed by atoms with van der Waals surface area (Å²) in [5.74, 6) is 0.131. The fourth-order valence-corrected chi connectivity index (χ4v) is 1.56. The normalized spacial score (nSPS) is 10.4. The number of carbonyl (C=O) groups is 1. The van der Waals surface area contributed by atoms with E-state index in [0.29, 0.717) is 6.42 Å². The van der Waals surface area contributed by atoms with Crippen molar-refractivity contribution in [2.24, 2.45) is 0 Å². The Kier molecular flexibility index (Phi) is 6.05. The zero-order valence-electron chi connectivity index (χ0n) is 11.0. The highest BCUT2D eigenvalue weighted by Gasteiger charge is 1.99. The zero-order valence-corrected chi connectivity index (χ0v) is 11.0. The van der Waals surface area contributed by atoms with E-state index in [2.05, 4.69) is 5.32 Å². The Balaban J connectivity index is 2.24. The van der Waals surface area contributed by atoms with Crippen molar-refractivity contribution in [3.63, 3.8) is 0 Å². The highest BCUT2D eigenvalue weighted by Crippen LogP contribution is 2.16. The van der Waals surface area contributed by atoms with Gasteiger partial charge in [-0.3, -0.25) is 4.79 Å². The number of benzene rings is 1. The average Bonchev–Trinajstić information content (AvgIpc) is 2.30. The van der Waals surface area contributed by atoms with Crippen molar-refractivity contribution in [2.45, 2.75) is 39.2 Å². The Bertz CT molecular complexity index is 360. The van der Waals surface area contributed by atoms with Crippen molar-refractivity contribution in [3.05, 3.63) is 24.3 Å². The molecule has 0 saturated carbocycles. The molecule has 0 saturated heterocycles. The third-order valence-corrected chi connectivity index (χ3v) is 2.37. The Morgan fingerprint density at radius 2 is 1.94 bits per heavy atom. The topological polar surface area (TPSA) is 58.6 Å². The predicted octanol–water partition coefficient (Wildman–Crippen LogP) is 3.14. The van der Waals surface area contributed by atoms with Crippen LogP contribution in [-0.2, 0) is 4.79 Å². The number of nitrogens with one attached hydrogen (secondary N) is 1. The van der Waals surface area contributed by atoms with Gasteiger partial charge in [-0.15, -0.1) is 0 Å². The number of carboxylic acids is 1. The summed E-state index contributed by atoms with van der Waals surface area (Å²) < 4.78 is 5.55. The molecule has 0 amide bonds. The smallest absolute Gasteiger partial charge is 0.303 e. The van der Waals surface area contributed by atoms with Crippen LogP contribution in [0.25, 0.3) is 0 Å². The molecule has 0 bridgehead atoms. The molecule has 0 aliphatic rings. The molecule has 0 heterocycles. The van der Waals surface area contributed by atoms with E-state index >= 15 is 0 Å². The first kappa shape index (κ1) is 14.4. The third kappa shape index (κ3) is 6.13. The molecular formula is C14H21NO3. The summed E-state index contributed by atoms with van der Waals surface area (Å²) in [5.41, 5.74) is 1.03. The van der Waals surface area contributed by atoms with Crippen LogP contribution < -0.4 is 10.1 Å². The monoisotopic (exact) mass is 251 g/mol. The molecule has 100 valence electrons. The van der Waals surface area contributed by atoms with Crippen LogP contribution >= 0.6 is 0 Å². The van der Waals surface area contributed by atoms with Gasteiger partial charge in [0, 0.05) is 18.7 Å². The van der Waals surface area contributed by atoms with Gasteiger partial charge in [0.05, 0.1) is 6.10 Å². The fourth-order valence-electron chi connectivity index (χ4n) is 1.56. The van der Waals surface area contributed by atoms with Gasteiger partial charge in [0.1, 0.15) is 5.75 Å². The molecule has 0 atom stereocenters. The largest absolute Gasteiger partial charge is 0.491 e. The zero-order chi connectivity index (χ0) is 13.4. The lowest BCUT2D eigenvalue weighted by molar-refractivity contribution is -0.137. The van der Waals surface area contributed by atoms with Gasteiger partial charge in [-0.2, -0.15) is 0 Å². The van der Waals surface area contributed by atoms with Crippen LogP contribution in [0.15, 0.2) is 24.3 Å². The molecule has 0 fully saturated rings. The van der Waals surface area contributed by atoms with Gasteiger partial charge in [-0.25, -0.2) is 0 Å². The summed E-state index contributed by atoms with van der Waals surface area (Å²) >= 11 is 0. The minimum Gasteiger partial charge on any atom is -0.491 e. The van der Waals surface area contributed by atoms with E-state index in [1.807, 2.05) is 38.1 Å². The summed E-state index contributed by atoms with van der Waals surface area (Å²) in [7, 11) is 0. The molecule has 2 N–H and O–H groups in total. The van der Waals surface area contributed by atoms with Gasteiger partial charge in [-0.05, 0) is 51.0 Å². The number of ether oxygens (including phenoxy) is 1. The maximum absolute atomic E-state index is 10.3. The molecule has 1 rings (SSSR count). The number of anilines is 1. The van der Waals surface area contributed by atoms with Crippen molar-refractivity contribution in [1.82, 2.24) is 0 Å². The van der Waals surface area contributed by atoms with Crippen LogP contribution in [0, 0.1) is 0 Å². The van der Waals surface area contributed by atoms with Crippen LogP contribution in [0.3, 0.4) is 0 Å². The number of rotatable bonds is 8. The molecule has 0 aromatic heterocycles. The van der Waals surface area contributed by atoms with E-state index in [9.17, 15) is 4.79 Å². The maximum Gasteiger partial charge on any atom is 0.303 e. The van der Waals surface area contributed by atoms with E-state index in [4.69, 9.17) is 9.84 Å². The molecule has 1 aromatic carbocycles. The van der Waals surface area contributed by atoms with Gasteiger partial charge in [0.15, 0.2) is 0 Å². The summed E-state index contributed by atoms with van der Waals surface area (Å²) in [4.78, 5) is 10.3. The Labute approximate surface area is 108 Å². The molecule has 4 heteroatoms. The highest BCUT2D eigenvalue weighted by atomic mass is 16.5. The molecule has 0 radical (unpaired) electrons. The minimum absolute atomic E-state index is 0.180. The van der Waals surface area contributed by atoms with Crippen LogP contribution in [0.5, 0.6) is 5.75 Å². The van der Waals surface area contributed by atoms with Crippen LogP contribution in [0.4, 0.5) is 5.69 Å². The number of unbranched alkanes of at least 4 members (excludes halogenated alkanes) is 1. The summed E-state index contributed by atoms with van der Waals surface area (Å²) in [6.45, 7) is 4.78. The molecule has 0 unspecified atom stereocenters. The quantitative estimate of drug-likeness (QED) is 0.697. The Morgan fingerprint density at radius 3 is 2.50 bits per heavy atom. The van der Waals surface area contributed by atoms with Crippen molar-refractivity contribution in [1.29, 1.82) is 0 Å². The van der Waals surface area contributed by atoms with Crippen molar-refractivity contribution in [2.75, 3.05) is 11.9 Å². The number of hydrogen-bond acceptors (Lipinski definition) is 3. The lowest BCUT2D eigenvalue weighted by Crippen LogP contribution is -2.06. The lowest BCUT2D eigenvalue weighted by Gasteiger charge is -2.11. The average molecular weight is 251 g/mol. The number of hydrogen-bond donors (Lipinski definition) is 2. The van der Waals surface area contributed by atoms with Gasteiger partial charge < -0.3 is 15.2 Å². The Hall–Kier alpha value is -1.71. The van der Waals surface area contributed by atoms with E-state index < -0.39 is 5.97 Å². The van der Waals surface area contributed by atoms with E-state index in [1.54, 1.807) is 0 Å².